The van der Waals surface area contributed by atoms with Gasteiger partial charge in [0.2, 0.25) is 5.91 Å². The van der Waals surface area contributed by atoms with Crippen LogP contribution in [0.1, 0.15) is 10.4 Å². The Balaban J connectivity index is 1.71. The van der Waals surface area contributed by atoms with E-state index in [0.29, 0.717) is 11.3 Å². The summed E-state index contributed by atoms with van der Waals surface area (Å²) in [5, 5.41) is 10.6. The Labute approximate surface area is 146 Å². The van der Waals surface area contributed by atoms with Gasteiger partial charge in [-0.15, -0.1) is 0 Å². The second-order valence-corrected chi connectivity index (χ2v) is 5.55. The quantitative estimate of drug-likeness (QED) is 0.671. The Bertz CT molecular complexity index is 916. The smallest absolute Gasteiger partial charge is 0.253 e. The van der Waals surface area contributed by atoms with E-state index < -0.39 is 0 Å². The van der Waals surface area contributed by atoms with E-state index in [0.717, 1.165) is 16.5 Å². The van der Waals surface area contributed by atoms with Gasteiger partial charge in [0.05, 0.1) is 12.1 Å². The van der Waals surface area contributed by atoms with E-state index in [-0.39, 0.29) is 18.4 Å². The number of benzene rings is 3. The van der Waals surface area contributed by atoms with Gasteiger partial charge < -0.3 is 16.0 Å². The second kappa shape index (κ2) is 7.49. The number of para-hydroxylation sites is 1. The molecule has 0 saturated carbocycles. The van der Waals surface area contributed by atoms with Crippen molar-refractivity contribution in [2.24, 2.45) is 0 Å². The molecule has 3 aromatic carbocycles. The van der Waals surface area contributed by atoms with Crippen LogP contribution < -0.4 is 16.0 Å². The van der Waals surface area contributed by atoms with Crippen molar-refractivity contribution in [1.29, 1.82) is 0 Å². The lowest BCUT2D eigenvalue weighted by molar-refractivity contribution is -0.114. The van der Waals surface area contributed by atoms with Gasteiger partial charge in [0.15, 0.2) is 0 Å². The zero-order chi connectivity index (χ0) is 17.6. The van der Waals surface area contributed by atoms with Gasteiger partial charge in [-0.1, -0.05) is 48.5 Å². The fourth-order valence-corrected chi connectivity index (χ4v) is 2.67. The predicted octanol–water partition coefficient (Wildman–Crippen LogP) is 3.25. The summed E-state index contributed by atoms with van der Waals surface area (Å²) in [6.07, 6.45) is 0. The lowest BCUT2D eigenvalue weighted by atomic mass is 10.1. The van der Waals surface area contributed by atoms with Crippen molar-refractivity contribution < 1.29 is 9.59 Å². The molecule has 5 nitrogen and oxygen atoms in total. The Kier molecular flexibility index (Phi) is 4.95. The molecule has 0 saturated heterocycles. The minimum Gasteiger partial charge on any atom is -0.376 e. The van der Waals surface area contributed by atoms with Crippen molar-refractivity contribution in [3.8, 4) is 0 Å². The average Bonchev–Trinajstić information content (AvgIpc) is 2.66. The Hall–Kier alpha value is -3.34. The molecule has 2 amide bonds. The van der Waals surface area contributed by atoms with Crippen LogP contribution in [0.4, 0.5) is 11.4 Å². The van der Waals surface area contributed by atoms with E-state index in [1.54, 1.807) is 25.2 Å². The van der Waals surface area contributed by atoms with E-state index in [1.165, 1.54) is 0 Å². The molecule has 0 radical (unpaired) electrons. The highest BCUT2D eigenvalue weighted by Crippen LogP contribution is 2.23. The topological polar surface area (TPSA) is 70.2 Å². The van der Waals surface area contributed by atoms with Gasteiger partial charge >= 0.3 is 0 Å². The first kappa shape index (κ1) is 16.5. The lowest BCUT2D eigenvalue weighted by Crippen LogP contribution is -2.24. The number of nitrogens with one attached hydrogen (secondary N) is 3. The number of amides is 2. The lowest BCUT2D eigenvalue weighted by Gasteiger charge is -2.12. The minimum absolute atomic E-state index is 0.0667. The normalized spacial score (nSPS) is 10.3. The number of carbonyl (C=O) groups is 2. The molecule has 0 fully saturated rings. The third-order valence-corrected chi connectivity index (χ3v) is 3.90. The number of hydrogen-bond donors (Lipinski definition) is 3. The van der Waals surface area contributed by atoms with Gasteiger partial charge in [-0.2, -0.15) is 0 Å². The molecule has 0 aliphatic rings. The van der Waals surface area contributed by atoms with Gasteiger partial charge in [0, 0.05) is 23.8 Å². The van der Waals surface area contributed by atoms with Crippen molar-refractivity contribution in [3.05, 3.63) is 72.3 Å². The summed E-state index contributed by atoms with van der Waals surface area (Å²) in [6.45, 7) is 0.0667. The van der Waals surface area contributed by atoms with Crippen LogP contribution in [0.3, 0.4) is 0 Å². The van der Waals surface area contributed by atoms with Gasteiger partial charge in [-0.05, 0) is 23.6 Å². The summed E-state index contributed by atoms with van der Waals surface area (Å²) < 4.78 is 0. The van der Waals surface area contributed by atoms with Crippen LogP contribution in [0, 0.1) is 0 Å². The van der Waals surface area contributed by atoms with Crippen molar-refractivity contribution >= 4 is 34.0 Å². The summed E-state index contributed by atoms with van der Waals surface area (Å²) in [7, 11) is 1.58. The molecule has 0 atom stereocenters. The highest BCUT2D eigenvalue weighted by atomic mass is 16.2. The Morgan fingerprint density at radius 1 is 0.840 bits per heavy atom. The van der Waals surface area contributed by atoms with Crippen LogP contribution in [0.5, 0.6) is 0 Å². The van der Waals surface area contributed by atoms with Gasteiger partial charge in [-0.3, -0.25) is 9.59 Å². The maximum atomic E-state index is 12.3. The maximum absolute atomic E-state index is 12.3. The summed E-state index contributed by atoms with van der Waals surface area (Å²) in [5.41, 5.74) is 1.89. The largest absolute Gasteiger partial charge is 0.376 e. The highest BCUT2D eigenvalue weighted by Gasteiger charge is 2.10. The molecule has 0 aliphatic carbocycles. The minimum atomic E-state index is -0.197. The highest BCUT2D eigenvalue weighted by molar-refractivity contribution is 6.04. The summed E-state index contributed by atoms with van der Waals surface area (Å²) >= 11 is 0. The summed E-state index contributed by atoms with van der Waals surface area (Å²) in [5.74, 6) is -0.374. The van der Waals surface area contributed by atoms with Gasteiger partial charge in [0.25, 0.3) is 5.91 Å². The van der Waals surface area contributed by atoms with E-state index in [2.05, 4.69) is 16.0 Å². The standard InChI is InChI=1S/C20H19N3O2/c1-21-20(25)16-10-4-5-11-17(16)22-13-19(24)23-18-12-6-8-14-7-2-3-9-15(14)18/h2-12,22H,13H2,1H3,(H,21,25)(H,23,24). The zero-order valence-electron chi connectivity index (χ0n) is 13.9. The van der Waals surface area contributed by atoms with Crippen LogP contribution >= 0.6 is 0 Å². The molecule has 3 N–H and O–H groups in total. The van der Waals surface area contributed by atoms with E-state index in [4.69, 9.17) is 0 Å². The van der Waals surface area contributed by atoms with Gasteiger partial charge in [-0.25, -0.2) is 0 Å². The van der Waals surface area contributed by atoms with Crippen LogP contribution in [0.2, 0.25) is 0 Å². The van der Waals surface area contributed by atoms with Crippen LogP contribution in [-0.2, 0) is 4.79 Å². The summed E-state index contributed by atoms with van der Waals surface area (Å²) in [4.78, 5) is 24.2. The fourth-order valence-electron chi connectivity index (χ4n) is 2.67. The first-order chi connectivity index (χ1) is 12.2. The molecule has 25 heavy (non-hydrogen) atoms. The monoisotopic (exact) mass is 333 g/mol. The molecule has 0 heterocycles. The average molecular weight is 333 g/mol. The van der Waals surface area contributed by atoms with Crippen molar-refractivity contribution in [2.75, 3.05) is 24.2 Å². The number of anilines is 2. The first-order valence-corrected chi connectivity index (χ1v) is 8.01. The van der Waals surface area contributed by atoms with E-state index in [1.807, 2.05) is 48.5 Å². The molecule has 0 aliphatic heterocycles. The molecule has 126 valence electrons. The molecular formula is C20H19N3O2. The Morgan fingerprint density at radius 3 is 2.36 bits per heavy atom. The van der Waals surface area contributed by atoms with Crippen LogP contribution in [-0.4, -0.2) is 25.4 Å². The molecule has 0 unspecified atom stereocenters. The number of carbonyl (C=O) groups excluding carboxylic acids is 2. The summed E-state index contributed by atoms with van der Waals surface area (Å²) in [6, 6.07) is 20.7. The molecular weight excluding hydrogens is 314 g/mol. The molecule has 3 aromatic rings. The van der Waals surface area contributed by atoms with Crippen molar-refractivity contribution in [1.82, 2.24) is 5.32 Å². The predicted molar refractivity (Wildman–Crippen MR) is 101 cm³/mol. The van der Waals surface area contributed by atoms with E-state index >= 15 is 0 Å². The maximum Gasteiger partial charge on any atom is 0.253 e. The van der Waals surface area contributed by atoms with Crippen LogP contribution in [0.25, 0.3) is 10.8 Å². The number of rotatable bonds is 5. The number of fused-ring (bicyclic) bond motifs is 1. The molecule has 0 aromatic heterocycles. The van der Waals surface area contributed by atoms with Crippen molar-refractivity contribution in [3.63, 3.8) is 0 Å². The van der Waals surface area contributed by atoms with Gasteiger partial charge in [0.1, 0.15) is 0 Å². The number of hydrogen-bond acceptors (Lipinski definition) is 3. The first-order valence-electron chi connectivity index (χ1n) is 8.01. The Morgan fingerprint density at radius 2 is 1.52 bits per heavy atom. The molecule has 3 rings (SSSR count). The molecule has 0 bridgehead atoms. The second-order valence-electron chi connectivity index (χ2n) is 5.55. The van der Waals surface area contributed by atoms with Crippen molar-refractivity contribution in [2.45, 2.75) is 0 Å². The molecule has 5 heteroatoms. The third-order valence-electron chi connectivity index (χ3n) is 3.90. The zero-order valence-corrected chi connectivity index (χ0v) is 13.9. The van der Waals surface area contributed by atoms with E-state index in [9.17, 15) is 9.59 Å². The SMILES string of the molecule is CNC(=O)c1ccccc1NCC(=O)Nc1cccc2ccccc12. The molecule has 0 spiro atoms. The fraction of sp³-hybridized carbons (Fsp3) is 0.100. The third kappa shape index (κ3) is 3.77. The van der Waals surface area contributed by atoms with Crippen LogP contribution in [0.15, 0.2) is 66.7 Å².